The molecule has 0 spiro atoms. The molecule has 1 aromatic rings. The van der Waals surface area contributed by atoms with E-state index in [1.165, 1.54) is 19.2 Å². The molecule has 1 aromatic carbocycles. The van der Waals surface area contributed by atoms with E-state index in [1.807, 2.05) is 13.0 Å². The zero-order valence-corrected chi connectivity index (χ0v) is 15.9. The predicted octanol–water partition coefficient (Wildman–Crippen LogP) is 2.84. The summed E-state index contributed by atoms with van der Waals surface area (Å²) in [5.41, 5.74) is 0.822. The molecule has 0 aromatic heterocycles. The van der Waals surface area contributed by atoms with Crippen LogP contribution in [0.4, 0.5) is 4.39 Å². The van der Waals surface area contributed by atoms with E-state index < -0.39 is 0 Å². The monoisotopic (exact) mass is 437 g/mol. The Bertz CT molecular complexity index is 498. The number of guanidine groups is 1. The maximum Gasteiger partial charge on any atom is 0.305 e. The van der Waals surface area contributed by atoms with E-state index in [1.54, 1.807) is 6.07 Å². The number of nitrogens with zero attached hydrogens (tertiary/aromatic N) is 1. The topological polar surface area (TPSA) is 62.7 Å². The van der Waals surface area contributed by atoms with Crippen LogP contribution in [0, 0.1) is 5.82 Å². The summed E-state index contributed by atoms with van der Waals surface area (Å²) in [5, 5.41) is 6.32. The van der Waals surface area contributed by atoms with Crippen LogP contribution in [-0.2, 0) is 16.1 Å². The highest BCUT2D eigenvalue weighted by Gasteiger charge is 2.01. The van der Waals surface area contributed by atoms with Crippen molar-refractivity contribution in [2.24, 2.45) is 4.99 Å². The number of hydrogen-bond acceptors (Lipinski definition) is 3. The Morgan fingerprint density at radius 2 is 2.09 bits per heavy atom. The highest BCUT2D eigenvalue weighted by Crippen LogP contribution is 2.04. The first kappa shape index (κ1) is 21.6. The molecule has 0 aliphatic heterocycles. The van der Waals surface area contributed by atoms with Crippen molar-refractivity contribution in [3.8, 4) is 0 Å². The molecular weight excluding hydrogens is 412 g/mol. The van der Waals surface area contributed by atoms with Gasteiger partial charge in [-0.3, -0.25) is 4.79 Å². The number of carbonyl (C=O) groups is 1. The first-order valence-electron chi connectivity index (χ1n) is 7.49. The number of aliphatic imine (C=N–C) groups is 1. The fourth-order valence-corrected chi connectivity index (χ4v) is 1.85. The Balaban J connectivity index is 0.00000484. The average Bonchev–Trinajstić information content (AvgIpc) is 2.52. The van der Waals surface area contributed by atoms with E-state index in [-0.39, 0.29) is 35.8 Å². The third-order valence-electron chi connectivity index (χ3n) is 2.98. The number of halogens is 2. The summed E-state index contributed by atoms with van der Waals surface area (Å²) >= 11 is 0. The second-order valence-corrected chi connectivity index (χ2v) is 4.79. The van der Waals surface area contributed by atoms with E-state index >= 15 is 0 Å². The predicted molar refractivity (Wildman–Crippen MR) is 101 cm³/mol. The third kappa shape index (κ3) is 10.1. The van der Waals surface area contributed by atoms with Crippen molar-refractivity contribution in [2.75, 3.05) is 20.2 Å². The molecule has 0 heterocycles. The molecule has 23 heavy (non-hydrogen) atoms. The lowest BCUT2D eigenvalue weighted by Crippen LogP contribution is -2.37. The highest BCUT2D eigenvalue weighted by molar-refractivity contribution is 14.0. The van der Waals surface area contributed by atoms with E-state index in [2.05, 4.69) is 20.4 Å². The fourth-order valence-electron chi connectivity index (χ4n) is 1.85. The largest absolute Gasteiger partial charge is 0.469 e. The zero-order valence-electron chi connectivity index (χ0n) is 13.6. The Labute approximate surface area is 154 Å². The molecule has 7 heteroatoms. The van der Waals surface area contributed by atoms with Gasteiger partial charge in [-0.05, 0) is 37.5 Å². The summed E-state index contributed by atoms with van der Waals surface area (Å²) in [4.78, 5) is 15.4. The smallest absolute Gasteiger partial charge is 0.305 e. The SMILES string of the molecule is CCNC(=NCc1cccc(F)c1)NCCCCC(=O)OC.I. The van der Waals surface area contributed by atoms with Gasteiger partial charge in [0.05, 0.1) is 13.7 Å². The number of rotatable bonds is 8. The molecule has 0 unspecified atom stereocenters. The maximum absolute atomic E-state index is 13.1. The lowest BCUT2D eigenvalue weighted by atomic mass is 10.2. The van der Waals surface area contributed by atoms with Gasteiger partial charge in [-0.1, -0.05) is 12.1 Å². The quantitative estimate of drug-likeness (QED) is 0.216. The van der Waals surface area contributed by atoms with Crippen LogP contribution in [0.3, 0.4) is 0 Å². The van der Waals surface area contributed by atoms with Crippen LogP contribution in [0.1, 0.15) is 31.7 Å². The Kier molecular flexibility index (Phi) is 12.3. The van der Waals surface area contributed by atoms with E-state index in [9.17, 15) is 9.18 Å². The number of nitrogens with one attached hydrogen (secondary N) is 2. The van der Waals surface area contributed by atoms with Gasteiger partial charge in [-0.15, -0.1) is 24.0 Å². The van der Waals surface area contributed by atoms with Crippen LogP contribution in [0.2, 0.25) is 0 Å². The van der Waals surface area contributed by atoms with Crippen LogP contribution in [-0.4, -0.2) is 32.1 Å². The highest BCUT2D eigenvalue weighted by atomic mass is 127. The molecule has 0 amide bonds. The van der Waals surface area contributed by atoms with Gasteiger partial charge in [-0.2, -0.15) is 0 Å². The molecule has 2 N–H and O–H groups in total. The van der Waals surface area contributed by atoms with Crippen LogP contribution in [0.5, 0.6) is 0 Å². The zero-order chi connectivity index (χ0) is 16.2. The number of esters is 1. The molecule has 0 saturated carbocycles. The van der Waals surface area contributed by atoms with Crippen molar-refractivity contribution in [1.82, 2.24) is 10.6 Å². The molecule has 0 aliphatic rings. The van der Waals surface area contributed by atoms with Crippen molar-refractivity contribution >= 4 is 35.9 Å². The van der Waals surface area contributed by atoms with Crippen molar-refractivity contribution in [1.29, 1.82) is 0 Å². The third-order valence-corrected chi connectivity index (χ3v) is 2.98. The van der Waals surface area contributed by atoms with Gasteiger partial charge in [0.2, 0.25) is 0 Å². The Hall–Kier alpha value is -1.38. The Morgan fingerprint density at radius 1 is 1.30 bits per heavy atom. The summed E-state index contributed by atoms with van der Waals surface area (Å²) in [5.74, 6) is 0.241. The lowest BCUT2D eigenvalue weighted by Gasteiger charge is -2.11. The van der Waals surface area contributed by atoms with Crippen molar-refractivity contribution in [3.63, 3.8) is 0 Å². The van der Waals surface area contributed by atoms with Crippen LogP contribution in [0.25, 0.3) is 0 Å². The average molecular weight is 437 g/mol. The van der Waals surface area contributed by atoms with Gasteiger partial charge >= 0.3 is 5.97 Å². The van der Waals surface area contributed by atoms with Crippen molar-refractivity contribution in [3.05, 3.63) is 35.6 Å². The summed E-state index contributed by atoms with van der Waals surface area (Å²) < 4.78 is 17.7. The normalized spacial score (nSPS) is 10.7. The van der Waals surface area contributed by atoms with Gasteiger partial charge in [0.1, 0.15) is 5.82 Å². The molecule has 0 aliphatic carbocycles. The molecule has 0 saturated heterocycles. The molecule has 0 atom stereocenters. The molecule has 0 radical (unpaired) electrons. The standard InChI is InChI=1S/C16H24FN3O2.HI/c1-3-18-16(19-10-5-4-9-15(21)22-2)20-12-13-7-6-8-14(17)11-13;/h6-8,11H,3-5,9-10,12H2,1-2H3,(H2,18,19,20);1H. The summed E-state index contributed by atoms with van der Waals surface area (Å²) in [6.45, 7) is 3.86. The van der Waals surface area contributed by atoms with Gasteiger partial charge in [-0.25, -0.2) is 9.38 Å². The van der Waals surface area contributed by atoms with Crippen molar-refractivity contribution < 1.29 is 13.9 Å². The number of hydrogen-bond donors (Lipinski definition) is 2. The van der Waals surface area contributed by atoms with E-state index in [4.69, 9.17) is 0 Å². The molecule has 130 valence electrons. The first-order valence-corrected chi connectivity index (χ1v) is 7.49. The van der Waals surface area contributed by atoms with Gasteiger partial charge < -0.3 is 15.4 Å². The summed E-state index contributed by atoms with van der Waals surface area (Å²) in [6, 6.07) is 6.40. The van der Waals surface area contributed by atoms with Crippen molar-refractivity contribution in [2.45, 2.75) is 32.7 Å². The van der Waals surface area contributed by atoms with Gasteiger partial charge in [0.15, 0.2) is 5.96 Å². The minimum Gasteiger partial charge on any atom is -0.469 e. The second-order valence-electron chi connectivity index (χ2n) is 4.79. The number of ether oxygens (including phenoxy) is 1. The number of benzene rings is 1. The molecule has 0 bridgehead atoms. The van der Waals surface area contributed by atoms with Gasteiger partial charge in [0.25, 0.3) is 0 Å². The first-order chi connectivity index (χ1) is 10.7. The summed E-state index contributed by atoms with van der Waals surface area (Å²) in [6.07, 6.45) is 2.04. The minimum atomic E-state index is -0.256. The minimum absolute atomic E-state index is 0. The molecular formula is C16H25FIN3O2. The number of methoxy groups -OCH3 is 1. The van der Waals surface area contributed by atoms with Crippen LogP contribution in [0.15, 0.2) is 29.3 Å². The maximum atomic E-state index is 13.1. The van der Waals surface area contributed by atoms with E-state index in [0.717, 1.165) is 24.9 Å². The number of carbonyl (C=O) groups excluding carboxylic acids is 1. The lowest BCUT2D eigenvalue weighted by molar-refractivity contribution is -0.140. The summed E-state index contributed by atoms with van der Waals surface area (Å²) in [7, 11) is 1.39. The number of unbranched alkanes of at least 4 members (excludes halogenated alkanes) is 1. The van der Waals surface area contributed by atoms with Gasteiger partial charge in [0, 0.05) is 19.5 Å². The van der Waals surface area contributed by atoms with E-state index in [0.29, 0.717) is 25.5 Å². The van der Waals surface area contributed by atoms with Crippen LogP contribution < -0.4 is 10.6 Å². The van der Waals surface area contributed by atoms with Crippen LogP contribution >= 0.6 is 24.0 Å². The second kappa shape index (κ2) is 13.1. The molecule has 5 nitrogen and oxygen atoms in total. The fraction of sp³-hybridized carbons (Fsp3) is 0.500. The molecule has 0 fully saturated rings. The Morgan fingerprint density at radius 3 is 2.74 bits per heavy atom. The molecule has 1 rings (SSSR count).